The van der Waals surface area contributed by atoms with Crippen molar-refractivity contribution in [1.82, 2.24) is 0 Å². The minimum absolute atomic E-state index is 0.146. The zero-order valence-corrected chi connectivity index (χ0v) is 13.9. The van der Waals surface area contributed by atoms with Gasteiger partial charge in [-0.25, -0.2) is 0 Å². The van der Waals surface area contributed by atoms with Crippen molar-refractivity contribution in [3.8, 4) is 0 Å². The summed E-state index contributed by atoms with van der Waals surface area (Å²) in [5.74, 6) is 0.428. The van der Waals surface area contributed by atoms with Crippen molar-refractivity contribution in [2.45, 2.75) is 56.7 Å². The van der Waals surface area contributed by atoms with E-state index in [2.05, 4.69) is 32.9 Å². The molecule has 1 fully saturated rings. The first kappa shape index (κ1) is 16.4. The van der Waals surface area contributed by atoms with Crippen LogP contribution in [0.15, 0.2) is 35.2 Å². The standard InChI is InChI=1S/C17H24O3S/c1-5-15-11(2)12(3)16(19-13(4)18)17(20-15)21-14-9-7-6-8-10-14/h6-12,15-17H,5H2,1-4H3. The predicted molar refractivity (Wildman–Crippen MR) is 85.1 cm³/mol. The first-order valence-electron chi connectivity index (χ1n) is 7.57. The van der Waals surface area contributed by atoms with E-state index in [1.54, 1.807) is 11.8 Å². The van der Waals surface area contributed by atoms with Crippen molar-refractivity contribution in [3.63, 3.8) is 0 Å². The summed E-state index contributed by atoms with van der Waals surface area (Å²) in [6.45, 7) is 7.94. The van der Waals surface area contributed by atoms with Crippen LogP contribution >= 0.6 is 11.8 Å². The molecule has 1 aromatic carbocycles. The Balaban J connectivity index is 2.18. The van der Waals surface area contributed by atoms with Gasteiger partial charge >= 0.3 is 5.97 Å². The molecule has 3 nitrogen and oxygen atoms in total. The van der Waals surface area contributed by atoms with Crippen molar-refractivity contribution in [3.05, 3.63) is 30.3 Å². The van der Waals surface area contributed by atoms with Crippen LogP contribution in [0.3, 0.4) is 0 Å². The van der Waals surface area contributed by atoms with Crippen molar-refractivity contribution >= 4 is 17.7 Å². The summed E-state index contributed by atoms with van der Waals surface area (Å²) in [5, 5.41) is 0. The van der Waals surface area contributed by atoms with Crippen molar-refractivity contribution < 1.29 is 14.3 Å². The highest BCUT2D eigenvalue weighted by Gasteiger charge is 2.43. The van der Waals surface area contributed by atoms with Gasteiger partial charge in [-0.1, -0.05) is 50.7 Å². The number of thioether (sulfide) groups is 1. The fraction of sp³-hybridized carbons (Fsp3) is 0.588. The molecule has 0 radical (unpaired) electrons. The Morgan fingerprint density at radius 3 is 2.48 bits per heavy atom. The Hall–Kier alpha value is -1.00. The van der Waals surface area contributed by atoms with Gasteiger partial charge in [0, 0.05) is 17.7 Å². The number of carbonyl (C=O) groups excluding carboxylic acids is 1. The van der Waals surface area contributed by atoms with E-state index in [0.717, 1.165) is 11.3 Å². The van der Waals surface area contributed by atoms with Crippen LogP contribution in [0, 0.1) is 11.8 Å². The van der Waals surface area contributed by atoms with E-state index < -0.39 is 0 Å². The van der Waals surface area contributed by atoms with Crippen LogP contribution in [-0.2, 0) is 14.3 Å². The van der Waals surface area contributed by atoms with E-state index in [4.69, 9.17) is 9.47 Å². The molecule has 2 rings (SSSR count). The van der Waals surface area contributed by atoms with Crippen molar-refractivity contribution in [1.29, 1.82) is 0 Å². The van der Waals surface area contributed by atoms with Crippen LogP contribution in [0.5, 0.6) is 0 Å². The fourth-order valence-electron chi connectivity index (χ4n) is 2.81. The molecule has 1 heterocycles. The summed E-state index contributed by atoms with van der Waals surface area (Å²) in [7, 11) is 0. The molecule has 21 heavy (non-hydrogen) atoms. The zero-order chi connectivity index (χ0) is 15.4. The summed E-state index contributed by atoms with van der Waals surface area (Å²) in [6.07, 6.45) is 0.989. The number of benzene rings is 1. The quantitative estimate of drug-likeness (QED) is 0.784. The molecule has 0 amide bonds. The molecule has 5 atom stereocenters. The maximum Gasteiger partial charge on any atom is 0.303 e. The van der Waals surface area contributed by atoms with E-state index in [9.17, 15) is 4.79 Å². The number of carbonyl (C=O) groups is 1. The van der Waals surface area contributed by atoms with Crippen LogP contribution in [-0.4, -0.2) is 23.6 Å². The molecule has 4 heteroatoms. The Morgan fingerprint density at radius 1 is 1.24 bits per heavy atom. The summed E-state index contributed by atoms with van der Waals surface area (Å²) in [6, 6.07) is 10.1. The van der Waals surface area contributed by atoms with Crippen LogP contribution < -0.4 is 0 Å². The van der Waals surface area contributed by atoms with Gasteiger partial charge in [-0.15, -0.1) is 0 Å². The molecule has 5 unspecified atom stereocenters. The highest BCUT2D eigenvalue weighted by Crippen LogP contribution is 2.40. The summed E-state index contributed by atoms with van der Waals surface area (Å²) in [5.41, 5.74) is -0.146. The average Bonchev–Trinajstić information content (AvgIpc) is 2.47. The van der Waals surface area contributed by atoms with E-state index in [0.29, 0.717) is 5.92 Å². The molecule has 1 aliphatic rings. The maximum absolute atomic E-state index is 11.4. The number of esters is 1. The lowest BCUT2D eigenvalue weighted by atomic mass is 9.83. The van der Waals surface area contributed by atoms with Crippen LogP contribution in [0.4, 0.5) is 0 Å². The number of hydrogen-bond donors (Lipinski definition) is 0. The molecule has 0 N–H and O–H groups in total. The lowest BCUT2D eigenvalue weighted by molar-refractivity contribution is -0.176. The second kappa shape index (κ2) is 7.32. The van der Waals surface area contributed by atoms with Crippen LogP contribution in [0.1, 0.15) is 34.1 Å². The zero-order valence-electron chi connectivity index (χ0n) is 13.1. The van der Waals surface area contributed by atoms with E-state index in [1.165, 1.54) is 6.92 Å². The molecule has 0 bridgehead atoms. The minimum atomic E-state index is -0.240. The maximum atomic E-state index is 11.4. The second-order valence-corrected chi connectivity index (χ2v) is 6.85. The fourth-order valence-corrected chi connectivity index (χ4v) is 4.03. The Morgan fingerprint density at radius 2 is 1.90 bits per heavy atom. The summed E-state index contributed by atoms with van der Waals surface area (Å²) >= 11 is 1.64. The van der Waals surface area contributed by atoms with E-state index >= 15 is 0 Å². The predicted octanol–water partition coefficient (Wildman–Crippen LogP) is 4.12. The molecule has 0 saturated carbocycles. The third-order valence-electron chi connectivity index (χ3n) is 4.21. The molecule has 1 saturated heterocycles. The smallest absolute Gasteiger partial charge is 0.303 e. The van der Waals surface area contributed by atoms with Gasteiger partial charge in [0.05, 0.1) is 6.10 Å². The molecule has 0 aromatic heterocycles. The van der Waals surface area contributed by atoms with Gasteiger partial charge in [0.15, 0.2) is 0 Å². The lowest BCUT2D eigenvalue weighted by Crippen LogP contribution is -2.49. The number of hydrogen-bond acceptors (Lipinski definition) is 4. The Kier molecular flexibility index (Phi) is 5.71. The molecule has 1 aromatic rings. The number of ether oxygens (including phenoxy) is 2. The van der Waals surface area contributed by atoms with Crippen LogP contribution in [0.25, 0.3) is 0 Å². The molecule has 1 aliphatic heterocycles. The van der Waals surface area contributed by atoms with Gasteiger partial charge in [-0.3, -0.25) is 4.79 Å². The molecule has 116 valence electrons. The molecular formula is C17H24O3S. The largest absolute Gasteiger partial charge is 0.459 e. The SMILES string of the molecule is CCC1OC(Sc2ccccc2)C(OC(C)=O)C(C)C1C. The Labute approximate surface area is 131 Å². The van der Waals surface area contributed by atoms with Crippen LogP contribution in [0.2, 0.25) is 0 Å². The normalized spacial score (nSPS) is 32.7. The number of rotatable bonds is 4. The highest BCUT2D eigenvalue weighted by molar-refractivity contribution is 7.99. The molecule has 0 spiro atoms. The lowest BCUT2D eigenvalue weighted by Gasteiger charge is -2.43. The minimum Gasteiger partial charge on any atom is -0.459 e. The highest BCUT2D eigenvalue weighted by atomic mass is 32.2. The molecular weight excluding hydrogens is 284 g/mol. The van der Waals surface area contributed by atoms with Gasteiger partial charge in [0.1, 0.15) is 11.5 Å². The second-order valence-electron chi connectivity index (χ2n) is 5.67. The average molecular weight is 308 g/mol. The molecule has 0 aliphatic carbocycles. The van der Waals surface area contributed by atoms with Crippen molar-refractivity contribution in [2.24, 2.45) is 11.8 Å². The first-order chi connectivity index (χ1) is 10.0. The van der Waals surface area contributed by atoms with Gasteiger partial charge in [-0.2, -0.15) is 0 Å². The third kappa shape index (κ3) is 4.01. The Bertz CT molecular complexity index is 462. The van der Waals surface area contributed by atoms with Gasteiger partial charge in [-0.05, 0) is 24.5 Å². The summed E-state index contributed by atoms with van der Waals surface area (Å²) < 4.78 is 11.8. The van der Waals surface area contributed by atoms with Gasteiger partial charge in [0.2, 0.25) is 0 Å². The van der Waals surface area contributed by atoms with E-state index in [-0.39, 0.29) is 29.5 Å². The third-order valence-corrected chi connectivity index (χ3v) is 5.37. The van der Waals surface area contributed by atoms with Crippen molar-refractivity contribution in [2.75, 3.05) is 0 Å². The van der Waals surface area contributed by atoms with Gasteiger partial charge in [0.25, 0.3) is 0 Å². The van der Waals surface area contributed by atoms with E-state index in [1.807, 2.05) is 18.2 Å². The topological polar surface area (TPSA) is 35.5 Å². The summed E-state index contributed by atoms with van der Waals surface area (Å²) in [4.78, 5) is 12.6. The monoisotopic (exact) mass is 308 g/mol. The van der Waals surface area contributed by atoms with Gasteiger partial charge < -0.3 is 9.47 Å². The first-order valence-corrected chi connectivity index (χ1v) is 8.45.